The van der Waals surface area contributed by atoms with Gasteiger partial charge in [-0.05, 0) is 35.2 Å². The third-order valence-electron chi connectivity index (χ3n) is 6.27. The van der Waals surface area contributed by atoms with Gasteiger partial charge in [0.1, 0.15) is 11.9 Å². The lowest BCUT2D eigenvalue weighted by molar-refractivity contribution is -0.145. The lowest BCUT2D eigenvalue weighted by Gasteiger charge is -2.42. The number of benzene rings is 2. The van der Waals surface area contributed by atoms with Gasteiger partial charge in [0.25, 0.3) is 0 Å². The summed E-state index contributed by atoms with van der Waals surface area (Å²) < 4.78 is 5.35. The number of hydrogen-bond donors (Lipinski definition) is 1. The fraction of sp³-hybridized carbons (Fsp3) is 0.370. The number of carbonyl (C=O) groups is 3. The number of esters is 1. The molecule has 0 aliphatic carbocycles. The summed E-state index contributed by atoms with van der Waals surface area (Å²) in [6.45, 7) is 4.30. The van der Waals surface area contributed by atoms with Gasteiger partial charge in [-0.1, -0.05) is 44.2 Å². The van der Waals surface area contributed by atoms with Crippen LogP contribution < -0.4 is 0 Å². The van der Waals surface area contributed by atoms with Crippen molar-refractivity contribution >= 4 is 40.3 Å². The largest absolute Gasteiger partial charge is 0.462 e. The second-order valence-electron chi connectivity index (χ2n) is 9.47. The van der Waals surface area contributed by atoms with Crippen LogP contribution >= 0.6 is 11.6 Å². The van der Waals surface area contributed by atoms with E-state index in [9.17, 15) is 14.4 Å². The molecule has 0 fully saturated rings. The van der Waals surface area contributed by atoms with Crippen molar-refractivity contribution in [2.24, 2.45) is 5.92 Å². The second kappa shape index (κ2) is 10.1. The number of nitrogens with one attached hydrogen (secondary N) is 1. The number of carbonyl (C=O) groups excluding carboxylic acids is 3. The van der Waals surface area contributed by atoms with Crippen LogP contribution in [0.1, 0.15) is 47.1 Å². The molecule has 8 heteroatoms. The Kier molecular flexibility index (Phi) is 7.17. The van der Waals surface area contributed by atoms with Crippen LogP contribution in [0.25, 0.3) is 10.9 Å². The molecule has 7 nitrogen and oxygen atoms in total. The number of aromatic nitrogens is 1. The minimum absolute atomic E-state index is 0.168. The van der Waals surface area contributed by atoms with Gasteiger partial charge in [-0.25, -0.2) is 4.79 Å². The van der Waals surface area contributed by atoms with E-state index in [1.165, 1.54) is 4.90 Å². The Hall–Kier alpha value is -3.32. The Balaban J connectivity index is 1.83. The smallest absolute Gasteiger partial charge is 0.338 e. The summed E-state index contributed by atoms with van der Waals surface area (Å²) in [5.74, 6) is -0.903. The predicted octanol–water partition coefficient (Wildman–Crippen LogP) is 4.15. The lowest BCUT2D eigenvalue weighted by Crippen LogP contribution is -2.54. The van der Waals surface area contributed by atoms with Gasteiger partial charge in [0.05, 0.1) is 18.2 Å². The van der Waals surface area contributed by atoms with Crippen molar-refractivity contribution in [1.82, 2.24) is 14.8 Å². The number of H-pyrrole nitrogens is 1. The standard InChI is InChI=1S/C27H30ClN3O4/c1-16(2)15-35-27(34)18-11-9-17(10-12-18)25-24-20(19-7-5-6-8-21(19)29-24)13-22(26(33)30(3)4)31(25)23(32)14-28/h5-12,16,22,25,29H,13-15H2,1-4H3/t22-,25+/m1/s1. The van der Waals surface area contributed by atoms with Crippen LogP contribution in [0.15, 0.2) is 48.5 Å². The highest BCUT2D eigenvalue weighted by atomic mass is 35.5. The van der Waals surface area contributed by atoms with Gasteiger partial charge < -0.3 is 19.5 Å². The van der Waals surface area contributed by atoms with E-state index in [1.54, 1.807) is 31.1 Å². The first-order valence-corrected chi connectivity index (χ1v) is 12.2. The zero-order valence-electron chi connectivity index (χ0n) is 20.4. The number of likely N-dealkylation sites (N-methyl/N-ethyl adjacent to an activating group) is 1. The van der Waals surface area contributed by atoms with Gasteiger partial charge in [0.2, 0.25) is 11.8 Å². The van der Waals surface area contributed by atoms with Crippen LogP contribution in [0, 0.1) is 5.92 Å². The van der Waals surface area contributed by atoms with E-state index in [-0.39, 0.29) is 23.6 Å². The Morgan fingerprint density at radius 2 is 1.80 bits per heavy atom. The zero-order chi connectivity index (χ0) is 25.3. The fourth-order valence-electron chi connectivity index (χ4n) is 4.63. The maximum absolute atomic E-state index is 13.3. The topological polar surface area (TPSA) is 82.7 Å². The molecule has 0 saturated carbocycles. The Bertz CT molecular complexity index is 1250. The molecule has 1 N–H and O–H groups in total. The van der Waals surface area contributed by atoms with Gasteiger partial charge in [-0.15, -0.1) is 11.6 Å². The number of fused-ring (bicyclic) bond motifs is 3. The molecule has 4 rings (SSSR count). The predicted molar refractivity (Wildman–Crippen MR) is 135 cm³/mol. The number of amides is 2. The number of alkyl halides is 1. The molecule has 0 radical (unpaired) electrons. The van der Waals surface area contributed by atoms with Crippen LogP contribution in [0.4, 0.5) is 0 Å². The van der Waals surface area contributed by atoms with Crippen molar-refractivity contribution in [3.63, 3.8) is 0 Å². The minimum atomic E-state index is -0.705. The van der Waals surface area contributed by atoms with Gasteiger partial charge in [-0.2, -0.15) is 0 Å². The van der Waals surface area contributed by atoms with E-state index in [1.807, 2.05) is 50.2 Å². The second-order valence-corrected chi connectivity index (χ2v) is 9.73. The molecule has 1 aliphatic heterocycles. The number of ether oxygens (including phenoxy) is 1. The third kappa shape index (κ3) is 4.78. The van der Waals surface area contributed by atoms with Gasteiger partial charge in [0, 0.05) is 37.1 Å². The number of hydrogen-bond acceptors (Lipinski definition) is 4. The number of nitrogens with zero attached hydrogens (tertiary/aromatic N) is 2. The monoisotopic (exact) mass is 495 g/mol. The Morgan fingerprint density at radius 1 is 1.11 bits per heavy atom. The van der Waals surface area contributed by atoms with E-state index < -0.39 is 18.1 Å². The van der Waals surface area contributed by atoms with Crippen molar-refractivity contribution in [3.8, 4) is 0 Å². The Morgan fingerprint density at radius 3 is 2.43 bits per heavy atom. The zero-order valence-corrected chi connectivity index (χ0v) is 21.1. The van der Waals surface area contributed by atoms with Crippen LogP contribution in [-0.2, 0) is 20.7 Å². The first-order valence-electron chi connectivity index (χ1n) is 11.7. The summed E-state index contributed by atoms with van der Waals surface area (Å²) in [4.78, 5) is 45.4. The molecular formula is C27H30ClN3O4. The first kappa shape index (κ1) is 24.8. The first-order chi connectivity index (χ1) is 16.7. The molecule has 2 aromatic carbocycles. The minimum Gasteiger partial charge on any atom is -0.462 e. The molecule has 2 atom stereocenters. The average Bonchev–Trinajstić information content (AvgIpc) is 3.23. The molecule has 35 heavy (non-hydrogen) atoms. The Labute approximate surface area is 210 Å². The fourth-order valence-corrected chi connectivity index (χ4v) is 4.77. The molecule has 2 heterocycles. The molecule has 1 aromatic heterocycles. The van der Waals surface area contributed by atoms with Crippen LogP contribution in [0.2, 0.25) is 0 Å². The van der Waals surface area contributed by atoms with E-state index in [4.69, 9.17) is 16.3 Å². The number of para-hydroxylation sites is 1. The van der Waals surface area contributed by atoms with Gasteiger partial charge >= 0.3 is 5.97 Å². The van der Waals surface area contributed by atoms with E-state index >= 15 is 0 Å². The van der Waals surface area contributed by atoms with Crippen LogP contribution in [0.5, 0.6) is 0 Å². The molecule has 1 aliphatic rings. The number of halogens is 1. The molecule has 0 bridgehead atoms. The number of aromatic amines is 1. The summed E-state index contributed by atoms with van der Waals surface area (Å²) in [6, 6.07) is 13.6. The molecular weight excluding hydrogens is 466 g/mol. The molecule has 3 aromatic rings. The normalized spacial score (nSPS) is 17.4. The highest BCUT2D eigenvalue weighted by Crippen LogP contribution is 2.41. The van der Waals surface area contributed by atoms with Crippen molar-refractivity contribution in [2.75, 3.05) is 26.6 Å². The SMILES string of the molecule is CC(C)COC(=O)c1ccc([C@H]2c3[nH]c4ccccc4c3C[C@H](C(=O)N(C)C)N2C(=O)CCl)cc1. The van der Waals surface area contributed by atoms with Crippen LogP contribution in [0.3, 0.4) is 0 Å². The summed E-state index contributed by atoms with van der Waals surface area (Å²) in [6.07, 6.45) is 0.384. The maximum Gasteiger partial charge on any atom is 0.338 e. The lowest BCUT2D eigenvalue weighted by atomic mass is 9.87. The summed E-state index contributed by atoms with van der Waals surface area (Å²) >= 11 is 6.03. The highest BCUT2D eigenvalue weighted by molar-refractivity contribution is 6.27. The molecule has 184 valence electrons. The average molecular weight is 496 g/mol. The van der Waals surface area contributed by atoms with E-state index in [2.05, 4.69) is 4.98 Å². The van der Waals surface area contributed by atoms with E-state index in [0.717, 1.165) is 27.7 Å². The van der Waals surface area contributed by atoms with Crippen molar-refractivity contribution < 1.29 is 19.1 Å². The number of rotatable bonds is 6. The third-order valence-corrected chi connectivity index (χ3v) is 6.50. The molecule has 0 spiro atoms. The highest BCUT2D eigenvalue weighted by Gasteiger charge is 2.43. The summed E-state index contributed by atoms with van der Waals surface area (Å²) in [5, 5.41) is 1.02. The van der Waals surface area contributed by atoms with Crippen molar-refractivity contribution in [3.05, 3.63) is 70.9 Å². The van der Waals surface area contributed by atoms with E-state index in [0.29, 0.717) is 18.6 Å². The molecule has 0 saturated heterocycles. The van der Waals surface area contributed by atoms with Gasteiger partial charge in [0.15, 0.2) is 0 Å². The quantitative estimate of drug-likeness (QED) is 0.411. The summed E-state index contributed by atoms with van der Waals surface area (Å²) in [5.41, 5.74) is 3.99. The maximum atomic E-state index is 13.3. The van der Waals surface area contributed by atoms with Crippen molar-refractivity contribution in [1.29, 1.82) is 0 Å². The molecule has 0 unspecified atom stereocenters. The van der Waals surface area contributed by atoms with Crippen LogP contribution in [-0.4, -0.2) is 65.2 Å². The van der Waals surface area contributed by atoms with Crippen molar-refractivity contribution in [2.45, 2.75) is 32.4 Å². The summed E-state index contributed by atoms with van der Waals surface area (Å²) in [7, 11) is 3.37. The van der Waals surface area contributed by atoms with Gasteiger partial charge in [-0.3, -0.25) is 9.59 Å². The molecule has 2 amide bonds.